The van der Waals surface area contributed by atoms with E-state index in [1.807, 2.05) is 48.8 Å². The van der Waals surface area contributed by atoms with Crippen LogP contribution in [-0.4, -0.2) is 31.2 Å². The Morgan fingerprint density at radius 1 is 1.12 bits per heavy atom. The van der Waals surface area contributed by atoms with Crippen LogP contribution in [0.15, 0.2) is 67.0 Å². The lowest BCUT2D eigenvalue weighted by Gasteiger charge is -2.27. The number of nitrogens with zero attached hydrogens (tertiary/aromatic N) is 3. The molecule has 2 N–H and O–H groups in total. The van der Waals surface area contributed by atoms with E-state index in [1.54, 1.807) is 12.1 Å². The van der Waals surface area contributed by atoms with Crippen LogP contribution in [0.25, 0.3) is 5.69 Å². The van der Waals surface area contributed by atoms with Crippen molar-refractivity contribution in [2.45, 2.75) is 19.0 Å². The smallest absolute Gasteiger partial charge is 0.170 e. The fourth-order valence-corrected chi connectivity index (χ4v) is 3.92. The Bertz CT molecular complexity index is 907. The molecular formula is C20H20N4OS. The molecule has 4 rings (SSSR count). The van der Waals surface area contributed by atoms with Crippen LogP contribution >= 0.6 is 12.2 Å². The van der Waals surface area contributed by atoms with E-state index in [-0.39, 0.29) is 17.8 Å². The van der Waals surface area contributed by atoms with E-state index in [1.165, 1.54) is 0 Å². The molecule has 132 valence electrons. The molecule has 2 atom stereocenters. The number of pyridine rings is 1. The number of aromatic nitrogens is 2. The maximum atomic E-state index is 9.59. The molecule has 0 amide bonds. The summed E-state index contributed by atoms with van der Waals surface area (Å²) < 4.78 is 2.14. The Hall–Kier alpha value is -2.86. The minimum atomic E-state index is -0.0191. The maximum Gasteiger partial charge on any atom is 0.170 e. The minimum absolute atomic E-state index is 0.0191. The first-order chi connectivity index (χ1) is 12.7. The zero-order valence-corrected chi connectivity index (χ0v) is 15.2. The number of phenols is 1. The summed E-state index contributed by atoms with van der Waals surface area (Å²) in [6, 6.07) is 17.3. The van der Waals surface area contributed by atoms with Crippen LogP contribution in [-0.2, 0) is 0 Å². The molecule has 0 aliphatic carbocycles. The molecule has 1 aliphatic heterocycles. The number of thiocarbonyl (C=S) groups is 1. The summed E-state index contributed by atoms with van der Waals surface area (Å²) in [5.41, 5.74) is 3.09. The van der Waals surface area contributed by atoms with Crippen molar-refractivity contribution in [2.24, 2.45) is 0 Å². The normalized spacial score (nSPS) is 19.6. The number of phenolic OH excluding ortho intramolecular Hbond substituents is 1. The SMILES string of the molecule is CCN1C(=S)N[C@H](c2ccccn2)[C@H]1c1cccn1-c1ccc(O)cc1. The van der Waals surface area contributed by atoms with Gasteiger partial charge in [0, 0.05) is 30.3 Å². The van der Waals surface area contributed by atoms with Crippen molar-refractivity contribution in [1.82, 2.24) is 19.8 Å². The summed E-state index contributed by atoms with van der Waals surface area (Å²) in [5.74, 6) is 0.257. The van der Waals surface area contributed by atoms with Crippen molar-refractivity contribution in [3.8, 4) is 11.4 Å². The van der Waals surface area contributed by atoms with Crippen LogP contribution in [0.4, 0.5) is 0 Å². The first kappa shape index (κ1) is 16.6. The van der Waals surface area contributed by atoms with Gasteiger partial charge in [-0.15, -0.1) is 0 Å². The van der Waals surface area contributed by atoms with E-state index in [0.717, 1.165) is 28.7 Å². The van der Waals surface area contributed by atoms with Gasteiger partial charge in [0.2, 0.25) is 0 Å². The highest BCUT2D eigenvalue weighted by atomic mass is 32.1. The number of nitrogens with one attached hydrogen (secondary N) is 1. The van der Waals surface area contributed by atoms with Gasteiger partial charge in [-0.1, -0.05) is 6.07 Å². The fourth-order valence-electron chi connectivity index (χ4n) is 3.55. The monoisotopic (exact) mass is 364 g/mol. The summed E-state index contributed by atoms with van der Waals surface area (Å²) >= 11 is 5.59. The Morgan fingerprint density at radius 2 is 1.92 bits per heavy atom. The molecule has 2 aromatic heterocycles. The van der Waals surface area contributed by atoms with Gasteiger partial charge in [-0.25, -0.2) is 0 Å². The largest absolute Gasteiger partial charge is 0.508 e. The number of hydrogen-bond donors (Lipinski definition) is 2. The molecule has 3 heterocycles. The highest BCUT2D eigenvalue weighted by molar-refractivity contribution is 7.80. The predicted molar refractivity (Wildman–Crippen MR) is 105 cm³/mol. The molecule has 0 saturated carbocycles. The number of rotatable bonds is 4. The Balaban J connectivity index is 1.80. The number of hydrogen-bond acceptors (Lipinski definition) is 3. The molecule has 0 spiro atoms. The molecular weight excluding hydrogens is 344 g/mol. The van der Waals surface area contributed by atoms with Crippen LogP contribution in [0.2, 0.25) is 0 Å². The van der Waals surface area contributed by atoms with Crippen molar-refractivity contribution < 1.29 is 5.11 Å². The lowest BCUT2D eigenvalue weighted by molar-refractivity contribution is 0.321. The lowest BCUT2D eigenvalue weighted by atomic mass is 10.0. The first-order valence-electron chi connectivity index (χ1n) is 8.63. The summed E-state index contributed by atoms with van der Waals surface area (Å²) in [4.78, 5) is 6.74. The minimum Gasteiger partial charge on any atom is -0.508 e. The summed E-state index contributed by atoms with van der Waals surface area (Å²) in [6.45, 7) is 2.91. The lowest BCUT2D eigenvalue weighted by Crippen LogP contribution is -2.30. The third-order valence-electron chi connectivity index (χ3n) is 4.75. The molecule has 0 radical (unpaired) electrons. The molecule has 0 bridgehead atoms. The van der Waals surface area contributed by atoms with Gasteiger partial charge in [0.25, 0.3) is 0 Å². The highest BCUT2D eigenvalue weighted by Gasteiger charge is 2.40. The van der Waals surface area contributed by atoms with E-state index in [4.69, 9.17) is 12.2 Å². The van der Waals surface area contributed by atoms with Gasteiger partial charge >= 0.3 is 0 Å². The van der Waals surface area contributed by atoms with Crippen molar-refractivity contribution in [3.63, 3.8) is 0 Å². The first-order valence-corrected chi connectivity index (χ1v) is 9.04. The van der Waals surface area contributed by atoms with Gasteiger partial charge in [0.15, 0.2) is 5.11 Å². The van der Waals surface area contributed by atoms with Gasteiger partial charge in [0.05, 0.1) is 17.8 Å². The summed E-state index contributed by atoms with van der Waals surface area (Å²) in [7, 11) is 0. The standard InChI is InChI=1S/C20H20N4OS/c1-2-23-19(18(22-20(23)26)16-6-3-4-12-21-16)17-7-5-13-24(17)14-8-10-15(25)11-9-14/h3-13,18-19,25H,2H2,1H3,(H,22,26)/t18-,19-/m1/s1. The number of aromatic hydroxyl groups is 1. The second kappa shape index (κ2) is 6.80. The molecule has 1 fully saturated rings. The maximum absolute atomic E-state index is 9.59. The third-order valence-corrected chi connectivity index (χ3v) is 5.10. The van der Waals surface area contributed by atoms with Gasteiger partial charge in [-0.2, -0.15) is 0 Å². The molecule has 3 aromatic rings. The number of benzene rings is 1. The van der Waals surface area contributed by atoms with E-state index < -0.39 is 0 Å². The Kier molecular flexibility index (Phi) is 4.34. The van der Waals surface area contributed by atoms with E-state index in [2.05, 4.69) is 32.8 Å². The predicted octanol–water partition coefficient (Wildman–Crippen LogP) is 3.57. The molecule has 1 aliphatic rings. The van der Waals surface area contributed by atoms with Crippen LogP contribution in [0, 0.1) is 0 Å². The topological polar surface area (TPSA) is 53.3 Å². The van der Waals surface area contributed by atoms with Gasteiger partial charge in [0.1, 0.15) is 5.75 Å². The molecule has 5 nitrogen and oxygen atoms in total. The second-order valence-corrected chi connectivity index (χ2v) is 6.62. The third kappa shape index (κ3) is 2.82. The zero-order valence-electron chi connectivity index (χ0n) is 14.4. The molecule has 26 heavy (non-hydrogen) atoms. The van der Waals surface area contributed by atoms with E-state index in [9.17, 15) is 5.11 Å². The highest BCUT2D eigenvalue weighted by Crippen LogP contribution is 2.39. The fraction of sp³-hybridized carbons (Fsp3) is 0.200. The van der Waals surface area contributed by atoms with Crippen molar-refractivity contribution in [1.29, 1.82) is 0 Å². The van der Waals surface area contributed by atoms with Gasteiger partial charge in [-0.3, -0.25) is 4.98 Å². The van der Waals surface area contributed by atoms with Crippen molar-refractivity contribution >= 4 is 17.3 Å². The average Bonchev–Trinajstić information content (AvgIpc) is 3.27. The van der Waals surface area contributed by atoms with Crippen LogP contribution in [0.1, 0.15) is 30.4 Å². The Morgan fingerprint density at radius 3 is 2.62 bits per heavy atom. The summed E-state index contributed by atoms with van der Waals surface area (Å²) in [5, 5.41) is 13.8. The van der Waals surface area contributed by atoms with Crippen LogP contribution in [0.5, 0.6) is 5.75 Å². The van der Waals surface area contributed by atoms with E-state index in [0.29, 0.717) is 0 Å². The van der Waals surface area contributed by atoms with Crippen molar-refractivity contribution in [2.75, 3.05) is 6.54 Å². The zero-order chi connectivity index (χ0) is 18.1. The van der Waals surface area contributed by atoms with Gasteiger partial charge in [-0.05, 0) is 67.7 Å². The molecule has 0 unspecified atom stereocenters. The second-order valence-electron chi connectivity index (χ2n) is 6.23. The van der Waals surface area contributed by atoms with Gasteiger partial charge < -0.3 is 19.9 Å². The average molecular weight is 364 g/mol. The van der Waals surface area contributed by atoms with Crippen LogP contribution in [0.3, 0.4) is 0 Å². The van der Waals surface area contributed by atoms with Crippen molar-refractivity contribution in [3.05, 3.63) is 78.4 Å². The van der Waals surface area contributed by atoms with E-state index >= 15 is 0 Å². The molecule has 1 aromatic carbocycles. The molecule has 6 heteroatoms. The summed E-state index contributed by atoms with van der Waals surface area (Å²) in [6.07, 6.45) is 3.84. The quantitative estimate of drug-likeness (QED) is 0.693. The Labute approximate surface area is 157 Å². The van der Waals surface area contributed by atoms with Crippen LogP contribution < -0.4 is 5.32 Å². The number of likely N-dealkylation sites (N-methyl/N-ethyl adjacent to an activating group) is 1. The molecule has 1 saturated heterocycles.